The van der Waals surface area contributed by atoms with Gasteiger partial charge in [0.05, 0.1) is 6.20 Å². The highest BCUT2D eigenvalue weighted by Crippen LogP contribution is 2.38. The molecular formula is C17H24N8OS. The predicted octanol–water partition coefficient (Wildman–Crippen LogP) is 1.81. The first kappa shape index (κ1) is 18.1. The summed E-state index contributed by atoms with van der Waals surface area (Å²) in [7, 11) is 4.05. The number of hydrogen-bond acceptors (Lipinski definition) is 9. The molecule has 9 nitrogen and oxygen atoms in total. The van der Waals surface area contributed by atoms with Gasteiger partial charge in [-0.15, -0.1) is 0 Å². The van der Waals surface area contributed by atoms with Crippen LogP contribution < -0.4 is 16.0 Å². The van der Waals surface area contributed by atoms with Crippen molar-refractivity contribution in [3.05, 3.63) is 16.9 Å². The van der Waals surface area contributed by atoms with Gasteiger partial charge in [0.2, 0.25) is 11.9 Å². The Morgan fingerprint density at radius 3 is 2.67 bits per heavy atom. The lowest BCUT2D eigenvalue weighted by Crippen LogP contribution is -2.24. The van der Waals surface area contributed by atoms with E-state index < -0.39 is 0 Å². The van der Waals surface area contributed by atoms with E-state index in [-0.39, 0.29) is 5.91 Å². The molecule has 0 atom stereocenters. The standard InChI is InChI=1S/C17H24N8OS/c1-25(2)8-7-18-15-21-13(10-3-4-10)22-16(23-15)24-17-19-9-12(27-17)14(26)20-11-5-6-11/h9-11H,3-8H2,1-2H3,(H,20,26)(H2,18,19,21,22,23,24). The SMILES string of the molecule is CN(C)CCNc1nc(Nc2ncc(C(=O)NC3CC3)s2)nc(C2CC2)n1. The number of hydrogen-bond donors (Lipinski definition) is 3. The van der Waals surface area contributed by atoms with Crippen LogP contribution in [0, 0.1) is 0 Å². The van der Waals surface area contributed by atoms with E-state index in [1.54, 1.807) is 6.20 Å². The lowest BCUT2D eigenvalue weighted by Gasteiger charge is -2.11. The van der Waals surface area contributed by atoms with Gasteiger partial charge in [-0.3, -0.25) is 10.1 Å². The number of anilines is 3. The van der Waals surface area contributed by atoms with Crippen molar-refractivity contribution in [3.8, 4) is 0 Å². The summed E-state index contributed by atoms with van der Waals surface area (Å²) < 4.78 is 0. The zero-order chi connectivity index (χ0) is 18.8. The maximum atomic E-state index is 12.1. The van der Waals surface area contributed by atoms with Gasteiger partial charge in [0.1, 0.15) is 10.7 Å². The van der Waals surface area contributed by atoms with E-state index >= 15 is 0 Å². The average Bonchev–Trinajstić information content (AvgIpc) is 3.54. The molecule has 0 aliphatic heterocycles. The summed E-state index contributed by atoms with van der Waals surface area (Å²) in [6.07, 6.45) is 5.94. The fourth-order valence-corrected chi connectivity index (χ4v) is 3.17. The molecule has 10 heteroatoms. The molecule has 2 saturated carbocycles. The number of aromatic nitrogens is 4. The summed E-state index contributed by atoms with van der Waals surface area (Å²) in [4.78, 5) is 32.6. The largest absolute Gasteiger partial charge is 0.353 e. The maximum absolute atomic E-state index is 12.1. The Morgan fingerprint density at radius 2 is 1.96 bits per heavy atom. The highest BCUT2D eigenvalue weighted by molar-refractivity contribution is 7.17. The highest BCUT2D eigenvalue weighted by atomic mass is 32.1. The monoisotopic (exact) mass is 388 g/mol. The van der Waals surface area contributed by atoms with Gasteiger partial charge in [-0.1, -0.05) is 11.3 Å². The first-order valence-electron chi connectivity index (χ1n) is 9.25. The van der Waals surface area contributed by atoms with Crippen molar-refractivity contribution in [1.82, 2.24) is 30.2 Å². The molecule has 2 heterocycles. The topological polar surface area (TPSA) is 108 Å². The Bertz CT molecular complexity index is 815. The van der Waals surface area contributed by atoms with E-state index in [1.165, 1.54) is 11.3 Å². The normalized spacial score (nSPS) is 16.4. The number of rotatable bonds is 9. The number of nitrogens with zero attached hydrogens (tertiary/aromatic N) is 5. The van der Waals surface area contributed by atoms with Crippen LogP contribution in [0.15, 0.2) is 6.20 Å². The van der Waals surface area contributed by atoms with Crippen LogP contribution in [0.2, 0.25) is 0 Å². The van der Waals surface area contributed by atoms with Crippen LogP contribution in [0.3, 0.4) is 0 Å². The number of carbonyl (C=O) groups is 1. The molecule has 2 aromatic heterocycles. The number of likely N-dealkylation sites (N-methyl/N-ethyl adjacent to an activating group) is 1. The second kappa shape index (κ2) is 7.73. The molecule has 2 aliphatic rings. The van der Waals surface area contributed by atoms with Crippen molar-refractivity contribution in [1.29, 1.82) is 0 Å². The summed E-state index contributed by atoms with van der Waals surface area (Å²) in [6, 6.07) is 0.330. The van der Waals surface area contributed by atoms with Gasteiger partial charge in [-0.25, -0.2) is 4.98 Å². The highest BCUT2D eigenvalue weighted by Gasteiger charge is 2.28. The molecule has 2 aromatic rings. The molecule has 0 radical (unpaired) electrons. The third-order valence-corrected chi connectivity index (χ3v) is 5.21. The molecule has 27 heavy (non-hydrogen) atoms. The summed E-state index contributed by atoms with van der Waals surface area (Å²) in [6.45, 7) is 1.64. The van der Waals surface area contributed by atoms with Gasteiger partial charge in [-0.05, 0) is 39.8 Å². The number of carbonyl (C=O) groups excluding carboxylic acids is 1. The molecule has 0 aromatic carbocycles. The van der Waals surface area contributed by atoms with Gasteiger partial charge in [0.25, 0.3) is 5.91 Å². The molecule has 0 spiro atoms. The maximum Gasteiger partial charge on any atom is 0.263 e. The lowest BCUT2D eigenvalue weighted by atomic mass is 10.4. The van der Waals surface area contributed by atoms with Gasteiger partial charge >= 0.3 is 0 Å². The van der Waals surface area contributed by atoms with Crippen molar-refractivity contribution in [3.63, 3.8) is 0 Å². The van der Waals surface area contributed by atoms with Crippen LogP contribution in [0.5, 0.6) is 0 Å². The number of thiazole rings is 1. The molecule has 4 rings (SSSR count). The molecule has 0 saturated heterocycles. The zero-order valence-corrected chi connectivity index (χ0v) is 16.3. The van der Waals surface area contributed by atoms with Gasteiger partial charge < -0.3 is 15.5 Å². The quantitative estimate of drug-likeness (QED) is 0.597. The van der Waals surface area contributed by atoms with Gasteiger partial charge in [0, 0.05) is 25.0 Å². The predicted molar refractivity (Wildman–Crippen MR) is 105 cm³/mol. The lowest BCUT2D eigenvalue weighted by molar-refractivity contribution is 0.0955. The fourth-order valence-electron chi connectivity index (χ4n) is 2.46. The van der Waals surface area contributed by atoms with Crippen molar-refractivity contribution in [2.45, 2.75) is 37.6 Å². The molecule has 144 valence electrons. The minimum atomic E-state index is -0.0663. The van der Waals surface area contributed by atoms with E-state index in [4.69, 9.17) is 0 Å². The third-order valence-electron chi connectivity index (χ3n) is 4.30. The Balaban J connectivity index is 1.44. The average molecular weight is 389 g/mol. The minimum absolute atomic E-state index is 0.0663. The molecule has 0 bridgehead atoms. The number of nitrogens with one attached hydrogen (secondary N) is 3. The molecule has 2 aliphatic carbocycles. The van der Waals surface area contributed by atoms with Gasteiger partial charge in [0.15, 0.2) is 5.13 Å². The summed E-state index contributed by atoms with van der Waals surface area (Å²) >= 11 is 1.30. The van der Waals surface area contributed by atoms with Crippen LogP contribution in [-0.4, -0.2) is 64.0 Å². The van der Waals surface area contributed by atoms with E-state index in [0.29, 0.717) is 33.9 Å². The van der Waals surface area contributed by atoms with E-state index in [1.807, 2.05) is 14.1 Å². The molecular weight excluding hydrogens is 364 g/mol. The Morgan fingerprint density at radius 1 is 1.19 bits per heavy atom. The molecule has 1 amide bonds. The summed E-state index contributed by atoms with van der Waals surface area (Å²) in [5.74, 6) is 2.19. The first-order chi connectivity index (χ1) is 13.1. The van der Waals surface area contributed by atoms with Crippen LogP contribution >= 0.6 is 11.3 Å². The van der Waals surface area contributed by atoms with E-state index in [2.05, 4.69) is 40.8 Å². The van der Waals surface area contributed by atoms with Crippen LogP contribution in [0.1, 0.15) is 47.1 Å². The smallest absolute Gasteiger partial charge is 0.263 e. The second-order valence-corrected chi connectivity index (χ2v) is 8.28. The Kier molecular flexibility index (Phi) is 5.17. The minimum Gasteiger partial charge on any atom is -0.353 e. The zero-order valence-electron chi connectivity index (χ0n) is 15.5. The number of amides is 1. The van der Waals surface area contributed by atoms with Crippen LogP contribution in [0.4, 0.5) is 17.0 Å². The third kappa shape index (κ3) is 5.10. The van der Waals surface area contributed by atoms with Crippen molar-refractivity contribution >= 4 is 34.3 Å². The van der Waals surface area contributed by atoms with E-state index in [0.717, 1.165) is 44.6 Å². The molecule has 0 unspecified atom stereocenters. The van der Waals surface area contributed by atoms with Crippen LogP contribution in [0.25, 0.3) is 0 Å². The van der Waals surface area contributed by atoms with Crippen molar-refractivity contribution < 1.29 is 4.79 Å². The summed E-state index contributed by atoms with van der Waals surface area (Å²) in [5.41, 5.74) is 0. The molecule has 3 N–H and O–H groups in total. The Hall–Kier alpha value is -2.33. The molecule has 2 fully saturated rings. The van der Waals surface area contributed by atoms with Crippen molar-refractivity contribution in [2.75, 3.05) is 37.8 Å². The Labute approximate surface area is 162 Å². The first-order valence-corrected chi connectivity index (χ1v) is 10.1. The van der Waals surface area contributed by atoms with Gasteiger partial charge in [-0.2, -0.15) is 15.0 Å². The van der Waals surface area contributed by atoms with Crippen molar-refractivity contribution in [2.24, 2.45) is 0 Å². The fraction of sp³-hybridized carbons (Fsp3) is 0.588. The van der Waals surface area contributed by atoms with E-state index in [9.17, 15) is 4.79 Å². The summed E-state index contributed by atoms with van der Waals surface area (Å²) in [5, 5.41) is 9.95. The van der Waals surface area contributed by atoms with Crippen LogP contribution in [-0.2, 0) is 0 Å². The second-order valence-electron chi connectivity index (χ2n) is 7.25.